The first kappa shape index (κ1) is 25.6. The fraction of sp³-hybridized carbons (Fsp3) is 0.654. The summed E-state index contributed by atoms with van der Waals surface area (Å²) >= 11 is 0. The molecule has 2 aliphatic heterocycles. The summed E-state index contributed by atoms with van der Waals surface area (Å²) in [5, 5.41) is 25.8. The van der Waals surface area contributed by atoms with Gasteiger partial charge in [-0.1, -0.05) is 6.07 Å². The molecular formula is C26H33N3O8S. The minimum Gasteiger partial charge on any atom is -0.504 e. The van der Waals surface area contributed by atoms with Gasteiger partial charge < -0.3 is 20.3 Å². The van der Waals surface area contributed by atoms with E-state index in [4.69, 9.17) is 4.74 Å². The van der Waals surface area contributed by atoms with Crippen LogP contribution in [-0.4, -0.2) is 83.8 Å². The van der Waals surface area contributed by atoms with E-state index in [9.17, 15) is 33.0 Å². The van der Waals surface area contributed by atoms with Gasteiger partial charge in [0.2, 0.25) is 15.9 Å². The summed E-state index contributed by atoms with van der Waals surface area (Å²) in [7, 11) is -3.87. The number of amides is 2. The maximum absolute atomic E-state index is 13.9. The lowest BCUT2D eigenvalue weighted by Gasteiger charge is -2.63. The minimum atomic E-state index is -3.87. The summed E-state index contributed by atoms with van der Waals surface area (Å²) in [5.74, 6) is -2.93. The average Bonchev–Trinajstić information content (AvgIpc) is 3.54. The van der Waals surface area contributed by atoms with Gasteiger partial charge >= 0.3 is 0 Å². The number of benzene rings is 1. The number of Topliss-reactive ketones (excluding diaryl/α,β-unsaturated/α-hetero) is 1. The Morgan fingerprint density at radius 3 is 2.63 bits per heavy atom. The number of aliphatic hydroxyl groups is 1. The standard InChI is InChI=1S/C26H33N3O8S/c1-24(2,23(33)28-38(3,35)36)27-22(32)15-11-26(34)17-10-14-6-7-16(30)20-18(14)25(26,21(37-20)19(15)31)8-9-29(17)12-13-4-5-13/h6-7,13,15,17,21,30,34H,4-5,8-12H2,1-3H3,(H,27,32)(H,28,33)/t15?,17-,21+,25+,26-/m1/s1. The van der Waals surface area contributed by atoms with E-state index in [0.717, 1.165) is 31.2 Å². The maximum Gasteiger partial charge on any atom is 0.258 e. The summed E-state index contributed by atoms with van der Waals surface area (Å²) in [6.45, 7) is 4.18. The molecule has 5 aliphatic rings. The summed E-state index contributed by atoms with van der Waals surface area (Å²) in [6, 6.07) is 3.03. The molecule has 12 heteroatoms. The van der Waals surface area contributed by atoms with Gasteiger partial charge in [-0.3, -0.25) is 24.0 Å². The molecule has 6 rings (SSSR count). The summed E-state index contributed by atoms with van der Waals surface area (Å²) in [4.78, 5) is 42.3. The van der Waals surface area contributed by atoms with E-state index in [-0.39, 0.29) is 24.0 Å². The Bertz CT molecular complexity index is 1370. The van der Waals surface area contributed by atoms with Crippen LogP contribution in [0.15, 0.2) is 12.1 Å². The topological polar surface area (TPSA) is 162 Å². The van der Waals surface area contributed by atoms with E-state index >= 15 is 0 Å². The summed E-state index contributed by atoms with van der Waals surface area (Å²) < 4.78 is 31.1. The fourth-order valence-corrected chi connectivity index (χ4v) is 7.86. The number of nitrogens with one attached hydrogen (secondary N) is 2. The summed E-state index contributed by atoms with van der Waals surface area (Å²) in [5.41, 5.74) is -2.62. The highest BCUT2D eigenvalue weighted by atomic mass is 32.2. The van der Waals surface area contributed by atoms with Crippen molar-refractivity contribution in [3.8, 4) is 11.5 Å². The molecule has 38 heavy (non-hydrogen) atoms. The van der Waals surface area contributed by atoms with Crippen molar-refractivity contribution < 1.29 is 37.8 Å². The third-order valence-corrected chi connectivity index (χ3v) is 9.78. The van der Waals surface area contributed by atoms with Crippen LogP contribution in [0.25, 0.3) is 0 Å². The quantitative estimate of drug-likeness (QED) is 0.351. The zero-order valence-corrected chi connectivity index (χ0v) is 22.4. The van der Waals surface area contributed by atoms with Gasteiger partial charge in [0.15, 0.2) is 23.4 Å². The number of rotatable bonds is 6. The molecule has 1 spiro atoms. The number of carbonyl (C=O) groups is 3. The van der Waals surface area contributed by atoms with E-state index in [1.54, 1.807) is 6.07 Å². The molecule has 11 nitrogen and oxygen atoms in total. The lowest BCUT2D eigenvalue weighted by Crippen LogP contribution is -2.78. The number of ketones is 1. The number of ether oxygens (including phenoxy) is 1. The number of likely N-dealkylation sites (tertiary alicyclic amines) is 1. The van der Waals surface area contributed by atoms with Crippen molar-refractivity contribution in [1.82, 2.24) is 14.9 Å². The molecular weight excluding hydrogens is 514 g/mol. The van der Waals surface area contributed by atoms with E-state index in [1.165, 1.54) is 13.8 Å². The molecule has 3 fully saturated rings. The molecule has 206 valence electrons. The van der Waals surface area contributed by atoms with Crippen LogP contribution in [-0.2, 0) is 36.2 Å². The third kappa shape index (κ3) is 3.52. The first-order valence-corrected chi connectivity index (χ1v) is 14.9. The molecule has 4 N–H and O–H groups in total. The van der Waals surface area contributed by atoms with Crippen molar-refractivity contribution in [2.24, 2.45) is 11.8 Å². The highest BCUT2D eigenvalue weighted by Gasteiger charge is 2.75. The number of aromatic hydroxyl groups is 1. The zero-order chi connectivity index (χ0) is 27.4. The molecule has 1 aromatic carbocycles. The molecule has 3 aliphatic carbocycles. The predicted octanol–water partition coefficient (Wildman–Crippen LogP) is -0.278. The second-order valence-corrected chi connectivity index (χ2v) is 14.0. The Kier molecular flexibility index (Phi) is 5.33. The molecule has 5 atom stereocenters. The van der Waals surface area contributed by atoms with Gasteiger partial charge in [0.05, 0.1) is 17.3 Å². The van der Waals surface area contributed by atoms with Crippen molar-refractivity contribution in [2.75, 3.05) is 19.3 Å². The van der Waals surface area contributed by atoms with Crippen LogP contribution in [0.4, 0.5) is 0 Å². The predicted molar refractivity (Wildman–Crippen MR) is 134 cm³/mol. The number of piperidine rings is 1. The Labute approximate surface area is 221 Å². The monoisotopic (exact) mass is 547 g/mol. The van der Waals surface area contributed by atoms with E-state index < -0.39 is 56.2 Å². The molecule has 2 heterocycles. The first-order valence-electron chi connectivity index (χ1n) is 13.0. The van der Waals surface area contributed by atoms with Crippen LogP contribution >= 0.6 is 0 Å². The van der Waals surface area contributed by atoms with Gasteiger partial charge in [-0.25, -0.2) is 8.42 Å². The van der Waals surface area contributed by atoms with Gasteiger partial charge in [-0.05, 0) is 70.0 Å². The minimum absolute atomic E-state index is 0.110. The number of sulfonamides is 1. The van der Waals surface area contributed by atoms with Crippen LogP contribution in [0.3, 0.4) is 0 Å². The first-order chi connectivity index (χ1) is 17.7. The Balaban J connectivity index is 1.38. The van der Waals surface area contributed by atoms with Crippen LogP contribution in [0.1, 0.15) is 50.7 Å². The zero-order valence-electron chi connectivity index (χ0n) is 21.6. The molecule has 2 saturated carbocycles. The molecule has 1 unspecified atom stereocenters. The Hall–Kier alpha value is -2.70. The lowest BCUT2D eigenvalue weighted by molar-refractivity contribution is -0.198. The Morgan fingerprint density at radius 2 is 1.97 bits per heavy atom. The molecule has 1 saturated heterocycles. The number of hydrogen-bond acceptors (Lipinski definition) is 9. The van der Waals surface area contributed by atoms with E-state index in [1.807, 2.05) is 10.8 Å². The third-order valence-electron chi connectivity index (χ3n) is 9.23. The van der Waals surface area contributed by atoms with Gasteiger partial charge in [-0.15, -0.1) is 0 Å². The highest BCUT2D eigenvalue weighted by Crippen LogP contribution is 2.65. The number of carbonyl (C=O) groups excluding carboxylic acids is 3. The normalized spacial score (nSPS) is 33.8. The van der Waals surface area contributed by atoms with Crippen LogP contribution in [0.5, 0.6) is 11.5 Å². The number of phenolic OH excluding ortho intramolecular Hbond substituents is 1. The average molecular weight is 548 g/mol. The molecule has 2 bridgehead atoms. The van der Waals surface area contributed by atoms with Crippen molar-refractivity contribution in [1.29, 1.82) is 0 Å². The largest absolute Gasteiger partial charge is 0.504 e. The molecule has 0 aromatic heterocycles. The fourth-order valence-electron chi connectivity index (χ4n) is 7.27. The summed E-state index contributed by atoms with van der Waals surface area (Å²) in [6.07, 6.45) is 2.72. The van der Waals surface area contributed by atoms with Crippen molar-refractivity contribution in [3.63, 3.8) is 0 Å². The smallest absolute Gasteiger partial charge is 0.258 e. The molecule has 0 radical (unpaired) electrons. The lowest BCUT2D eigenvalue weighted by atomic mass is 9.47. The Morgan fingerprint density at radius 1 is 1.26 bits per heavy atom. The van der Waals surface area contributed by atoms with E-state index in [0.29, 0.717) is 30.9 Å². The second-order valence-electron chi connectivity index (χ2n) is 12.2. The maximum atomic E-state index is 13.9. The van der Waals surface area contributed by atoms with Gasteiger partial charge in [-0.2, -0.15) is 0 Å². The molecule has 2 amide bonds. The second kappa shape index (κ2) is 7.92. The van der Waals surface area contributed by atoms with E-state index in [2.05, 4.69) is 10.2 Å². The number of nitrogens with zero attached hydrogens (tertiary/aromatic N) is 1. The van der Waals surface area contributed by atoms with Crippen molar-refractivity contribution in [3.05, 3.63) is 23.3 Å². The highest BCUT2D eigenvalue weighted by molar-refractivity contribution is 7.89. The van der Waals surface area contributed by atoms with Crippen LogP contribution in [0, 0.1) is 11.8 Å². The van der Waals surface area contributed by atoms with Crippen LogP contribution < -0.4 is 14.8 Å². The number of phenols is 1. The van der Waals surface area contributed by atoms with Crippen LogP contribution in [0.2, 0.25) is 0 Å². The van der Waals surface area contributed by atoms with Crippen molar-refractivity contribution in [2.45, 2.75) is 74.7 Å². The van der Waals surface area contributed by atoms with Gasteiger partial charge in [0, 0.05) is 18.2 Å². The number of hydrogen-bond donors (Lipinski definition) is 4. The molecule has 1 aromatic rings. The van der Waals surface area contributed by atoms with Gasteiger partial charge in [0.25, 0.3) is 5.91 Å². The van der Waals surface area contributed by atoms with Gasteiger partial charge in [0.1, 0.15) is 11.5 Å². The SMILES string of the molecule is CC(C)(NC(=O)C1C[C@@]2(O)[C@H]3Cc4ccc(O)c5c4[C@@]2(CCN3CC2CC2)[C@@H](O5)C1=O)C(=O)NS(C)(=O)=O. The van der Waals surface area contributed by atoms with Crippen molar-refractivity contribution >= 4 is 27.6 Å².